The second-order valence-electron chi connectivity index (χ2n) is 19.0. The summed E-state index contributed by atoms with van der Waals surface area (Å²) >= 11 is 0. The zero-order valence-electron chi connectivity index (χ0n) is 40.3. The molecule has 16 nitrogen and oxygen atoms in total. The minimum absolute atomic E-state index is 0.0132. The van der Waals surface area contributed by atoms with E-state index in [1.165, 1.54) is 0 Å². The molecule has 6 aromatic heterocycles. The molecule has 8 heterocycles. The second kappa shape index (κ2) is 17.7. The highest BCUT2D eigenvalue weighted by Gasteiger charge is 2.47. The lowest BCUT2D eigenvalue weighted by Crippen LogP contribution is -2.41. The van der Waals surface area contributed by atoms with Gasteiger partial charge in [0.25, 0.3) is 11.8 Å². The topological polar surface area (TPSA) is 182 Å². The van der Waals surface area contributed by atoms with E-state index in [1.807, 2.05) is 84.2 Å². The standard InChI is InChI=1S/C26H30N6O2.C26H32N6O2/c1-4-10-31-20(12-15-6-5-9-28-24(15)31)25-29-18-11-17(13-21(34-3)23(18)30(25)2)26(33)32-14-16-7-8-19(32)22(16)27;1-6-10-31-20(12-17-8-7-9-28-24(17)31)25-29-19-11-18(13-21(34-5)23(19)30(25)4)26(33)32-14-15(2)22(27)16(32)3/h5-6,9,11-13,16,19,22H,4,7-8,10,14,27H2,1-3H3;7-9,11-13,15-16,22H,6,10,14,27H2,1-5H3/t16-,19-,22-;15-,16-,22-/m10/s1. The van der Waals surface area contributed by atoms with Crippen LogP contribution in [0.25, 0.3) is 67.2 Å². The first-order valence-corrected chi connectivity index (χ1v) is 24.0. The predicted molar refractivity (Wildman–Crippen MR) is 266 cm³/mol. The van der Waals surface area contributed by atoms with E-state index in [9.17, 15) is 9.59 Å². The SMILES string of the molecule is CCCn1c(-c2nc3cc(C(=O)N4C[C@H](C)[C@H](N)[C@@H]4C)cc(OC)c3n2C)cc2cccnc21.CCCn1c(-c2nc3cc(C(=O)N4C[C@H]5CC[C@@H]4[C@@H]5N)cc(OC)c3n2C)cc2cccnc21. The van der Waals surface area contributed by atoms with Crippen LogP contribution in [-0.2, 0) is 27.2 Å². The van der Waals surface area contributed by atoms with E-state index in [-0.39, 0.29) is 41.9 Å². The van der Waals surface area contributed by atoms with Crippen molar-refractivity contribution in [1.82, 2.24) is 48.0 Å². The molecule has 16 heteroatoms. The number of hydrogen-bond acceptors (Lipinski definition) is 10. The molecule has 1 saturated carbocycles. The molecule has 11 rings (SSSR count). The number of ether oxygens (including phenoxy) is 2. The highest BCUT2D eigenvalue weighted by Crippen LogP contribution is 2.40. The molecular formula is C52H62N12O4. The number of benzene rings is 2. The average Bonchev–Trinajstić information content (AvgIpc) is 4.24. The van der Waals surface area contributed by atoms with E-state index in [1.54, 1.807) is 14.2 Å². The maximum Gasteiger partial charge on any atom is 0.254 e. The number of piperidine rings is 1. The van der Waals surface area contributed by atoms with Crippen molar-refractivity contribution in [3.63, 3.8) is 0 Å². The van der Waals surface area contributed by atoms with Crippen LogP contribution >= 0.6 is 0 Å². The molecule has 3 aliphatic rings. The second-order valence-corrected chi connectivity index (χ2v) is 19.0. The van der Waals surface area contributed by atoms with Gasteiger partial charge < -0.3 is 49.0 Å². The fraction of sp³-hybridized carbons (Fsp3) is 0.423. The van der Waals surface area contributed by atoms with E-state index in [4.69, 9.17) is 30.9 Å². The first-order valence-electron chi connectivity index (χ1n) is 24.0. The molecule has 0 spiro atoms. The Balaban J connectivity index is 0.000000159. The summed E-state index contributed by atoms with van der Waals surface area (Å²) in [5.74, 6) is 3.56. The predicted octanol–water partition coefficient (Wildman–Crippen LogP) is 7.39. The van der Waals surface area contributed by atoms with Gasteiger partial charge in [-0.3, -0.25) is 9.59 Å². The van der Waals surface area contributed by atoms with Crippen molar-refractivity contribution in [3.05, 3.63) is 84.2 Å². The van der Waals surface area contributed by atoms with Crippen molar-refractivity contribution in [2.24, 2.45) is 37.4 Å². The lowest BCUT2D eigenvalue weighted by molar-refractivity contribution is 0.0699. The van der Waals surface area contributed by atoms with E-state index in [0.717, 1.165) is 112 Å². The molecule has 0 unspecified atom stereocenters. The van der Waals surface area contributed by atoms with Gasteiger partial charge in [0.1, 0.15) is 33.8 Å². The summed E-state index contributed by atoms with van der Waals surface area (Å²) in [7, 11) is 7.25. The van der Waals surface area contributed by atoms with Crippen LogP contribution in [0.3, 0.4) is 0 Å². The first-order chi connectivity index (χ1) is 32.9. The summed E-state index contributed by atoms with van der Waals surface area (Å²) in [6.07, 6.45) is 7.71. The van der Waals surface area contributed by atoms with Crippen LogP contribution in [0, 0.1) is 11.8 Å². The molecule has 8 aromatic rings. The number of carbonyl (C=O) groups excluding carboxylic acids is 2. The van der Waals surface area contributed by atoms with Gasteiger partial charge in [0.05, 0.1) is 36.6 Å². The number of imidazole rings is 2. The Morgan fingerprint density at radius 1 is 0.676 bits per heavy atom. The normalized spacial score (nSPS) is 21.1. The maximum absolute atomic E-state index is 13.5. The van der Waals surface area contributed by atoms with Crippen LogP contribution in [0.2, 0.25) is 0 Å². The van der Waals surface area contributed by atoms with Gasteiger partial charge in [0.2, 0.25) is 0 Å². The molecule has 2 bridgehead atoms. The van der Waals surface area contributed by atoms with Crippen LogP contribution in [0.4, 0.5) is 0 Å². The number of methoxy groups -OCH3 is 2. The number of amides is 2. The van der Waals surface area contributed by atoms with Crippen LogP contribution in [0.15, 0.2) is 73.1 Å². The maximum atomic E-state index is 13.5. The molecule has 3 fully saturated rings. The van der Waals surface area contributed by atoms with Crippen LogP contribution < -0.4 is 20.9 Å². The largest absolute Gasteiger partial charge is 0.494 e. The smallest absolute Gasteiger partial charge is 0.254 e. The number of nitrogens with two attached hydrogens (primary N) is 2. The van der Waals surface area contributed by atoms with Gasteiger partial charge in [-0.05, 0) is 105 Å². The lowest BCUT2D eigenvalue weighted by atomic mass is 10.0. The molecule has 2 amide bonds. The Hall–Kier alpha value is -6.78. The molecular weight excluding hydrogens is 857 g/mol. The monoisotopic (exact) mass is 919 g/mol. The number of aromatic nitrogens is 8. The molecule has 2 aliphatic heterocycles. The summed E-state index contributed by atoms with van der Waals surface area (Å²) in [5, 5.41) is 2.16. The number of aryl methyl sites for hydroxylation is 4. The van der Waals surface area contributed by atoms with Gasteiger partial charge in [-0.2, -0.15) is 0 Å². The van der Waals surface area contributed by atoms with Crippen molar-refractivity contribution in [3.8, 4) is 34.5 Å². The van der Waals surface area contributed by atoms with Crippen LogP contribution in [-0.4, -0.2) is 111 Å². The summed E-state index contributed by atoms with van der Waals surface area (Å²) < 4.78 is 20.0. The molecule has 2 saturated heterocycles. The highest BCUT2D eigenvalue weighted by atomic mass is 16.5. The Bertz CT molecular complexity index is 3050. The summed E-state index contributed by atoms with van der Waals surface area (Å²) in [5.41, 5.74) is 20.9. The summed E-state index contributed by atoms with van der Waals surface area (Å²) in [6.45, 7) is 11.5. The lowest BCUT2D eigenvalue weighted by Gasteiger charge is -2.27. The van der Waals surface area contributed by atoms with Gasteiger partial charge in [0.15, 0.2) is 11.6 Å². The fourth-order valence-corrected chi connectivity index (χ4v) is 11.2. The number of nitrogens with zero attached hydrogens (tertiary/aromatic N) is 10. The minimum atomic E-state index is -0.0380. The quantitative estimate of drug-likeness (QED) is 0.140. The Labute approximate surface area is 395 Å². The van der Waals surface area contributed by atoms with Gasteiger partial charge in [-0.25, -0.2) is 19.9 Å². The summed E-state index contributed by atoms with van der Waals surface area (Å²) in [6, 6.07) is 19.9. The Morgan fingerprint density at radius 3 is 1.59 bits per heavy atom. The fourth-order valence-electron chi connectivity index (χ4n) is 11.2. The number of fused-ring (bicyclic) bond motifs is 6. The van der Waals surface area contributed by atoms with E-state index >= 15 is 0 Å². The number of rotatable bonds is 10. The van der Waals surface area contributed by atoms with Crippen molar-refractivity contribution in [1.29, 1.82) is 0 Å². The van der Waals surface area contributed by atoms with E-state index < -0.39 is 0 Å². The van der Waals surface area contributed by atoms with Gasteiger partial charge in [-0.1, -0.05) is 20.8 Å². The number of pyridine rings is 2. The average molecular weight is 919 g/mol. The van der Waals surface area contributed by atoms with Crippen molar-refractivity contribution in [2.45, 2.75) is 90.6 Å². The molecule has 1 aliphatic carbocycles. The molecule has 2 aromatic carbocycles. The van der Waals surface area contributed by atoms with Gasteiger partial charge in [-0.15, -0.1) is 0 Å². The highest BCUT2D eigenvalue weighted by molar-refractivity contribution is 6.02. The number of likely N-dealkylation sites (tertiary alicyclic amines) is 2. The molecule has 0 radical (unpaired) electrons. The van der Waals surface area contributed by atoms with Gasteiger partial charge in [0, 0.05) is 98.7 Å². The van der Waals surface area contributed by atoms with Crippen molar-refractivity contribution >= 4 is 55.9 Å². The van der Waals surface area contributed by atoms with E-state index in [2.05, 4.69) is 68.7 Å². The molecule has 4 N–H and O–H groups in total. The molecule has 68 heavy (non-hydrogen) atoms. The summed E-state index contributed by atoms with van der Waals surface area (Å²) in [4.78, 5) is 49.9. The number of carbonyl (C=O) groups is 2. The van der Waals surface area contributed by atoms with E-state index in [0.29, 0.717) is 35.1 Å². The van der Waals surface area contributed by atoms with Crippen molar-refractivity contribution in [2.75, 3.05) is 27.3 Å². The first kappa shape index (κ1) is 45.0. The van der Waals surface area contributed by atoms with Gasteiger partial charge >= 0.3 is 0 Å². The molecule has 6 atom stereocenters. The van der Waals surface area contributed by atoms with Crippen molar-refractivity contribution < 1.29 is 19.1 Å². The third kappa shape index (κ3) is 7.27. The molecule has 354 valence electrons. The number of hydrogen-bond donors (Lipinski definition) is 2. The third-order valence-electron chi connectivity index (χ3n) is 14.8. The van der Waals surface area contributed by atoms with Crippen LogP contribution in [0.1, 0.15) is 74.1 Å². The minimum Gasteiger partial charge on any atom is -0.494 e. The Morgan fingerprint density at radius 2 is 1.18 bits per heavy atom. The van der Waals surface area contributed by atoms with Crippen LogP contribution in [0.5, 0.6) is 11.5 Å². The third-order valence-corrected chi connectivity index (χ3v) is 14.8. The zero-order chi connectivity index (χ0) is 47.7. The zero-order valence-corrected chi connectivity index (χ0v) is 40.3. The Kier molecular flexibility index (Phi) is 11.7.